The first-order valence-electron chi connectivity index (χ1n) is 7.30. The maximum absolute atomic E-state index is 13.8. The fourth-order valence-electron chi connectivity index (χ4n) is 1.84. The SMILES string of the molecule is CCCOc1ccc(C(=O)NC(=S)Nc2ccc(I)cc2F)cc1. The lowest BCUT2D eigenvalue weighted by Crippen LogP contribution is -2.34. The molecular formula is C17H16FIN2O2S. The Labute approximate surface area is 158 Å². The molecule has 0 heterocycles. The molecule has 0 aliphatic heterocycles. The first-order valence-corrected chi connectivity index (χ1v) is 8.78. The number of amides is 1. The quantitative estimate of drug-likeness (QED) is 0.517. The van der Waals surface area contributed by atoms with Gasteiger partial charge >= 0.3 is 0 Å². The third-order valence-electron chi connectivity index (χ3n) is 3.00. The molecule has 0 aliphatic rings. The predicted molar refractivity (Wildman–Crippen MR) is 105 cm³/mol. The molecule has 126 valence electrons. The Morgan fingerprint density at radius 2 is 1.96 bits per heavy atom. The van der Waals surface area contributed by atoms with Gasteiger partial charge in [-0.1, -0.05) is 6.92 Å². The summed E-state index contributed by atoms with van der Waals surface area (Å²) in [5, 5.41) is 5.23. The van der Waals surface area contributed by atoms with Crippen LogP contribution in [0.15, 0.2) is 42.5 Å². The number of carbonyl (C=O) groups is 1. The molecule has 0 atom stereocenters. The summed E-state index contributed by atoms with van der Waals surface area (Å²) in [6.45, 7) is 2.65. The first kappa shape index (κ1) is 18.6. The molecular weight excluding hydrogens is 442 g/mol. The van der Waals surface area contributed by atoms with Crippen molar-refractivity contribution in [3.05, 3.63) is 57.4 Å². The van der Waals surface area contributed by atoms with Gasteiger partial charge < -0.3 is 10.1 Å². The second-order valence-corrected chi connectivity index (χ2v) is 6.56. The van der Waals surface area contributed by atoms with Crippen LogP contribution in [0, 0.1) is 9.39 Å². The highest BCUT2D eigenvalue weighted by atomic mass is 127. The summed E-state index contributed by atoms with van der Waals surface area (Å²) in [7, 11) is 0. The lowest BCUT2D eigenvalue weighted by molar-refractivity contribution is 0.0977. The van der Waals surface area contributed by atoms with Crippen molar-refractivity contribution in [1.29, 1.82) is 0 Å². The van der Waals surface area contributed by atoms with E-state index in [1.807, 2.05) is 29.5 Å². The average Bonchev–Trinajstić information content (AvgIpc) is 2.56. The van der Waals surface area contributed by atoms with Crippen LogP contribution in [0.2, 0.25) is 0 Å². The second kappa shape index (κ2) is 8.93. The fraction of sp³-hybridized carbons (Fsp3) is 0.176. The van der Waals surface area contributed by atoms with Gasteiger partial charge in [0.2, 0.25) is 0 Å². The highest BCUT2D eigenvalue weighted by Gasteiger charge is 2.10. The van der Waals surface area contributed by atoms with Gasteiger partial charge in [0.25, 0.3) is 5.91 Å². The maximum Gasteiger partial charge on any atom is 0.257 e. The van der Waals surface area contributed by atoms with Crippen LogP contribution in [0.25, 0.3) is 0 Å². The van der Waals surface area contributed by atoms with Crippen molar-refractivity contribution in [2.45, 2.75) is 13.3 Å². The van der Waals surface area contributed by atoms with Gasteiger partial charge in [-0.25, -0.2) is 4.39 Å². The summed E-state index contributed by atoms with van der Waals surface area (Å²) in [6, 6.07) is 11.4. The van der Waals surface area contributed by atoms with Gasteiger partial charge in [0.1, 0.15) is 11.6 Å². The zero-order valence-electron chi connectivity index (χ0n) is 12.9. The third kappa shape index (κ3) is 5.41. The summed E-state index contributed by atoms with van der Waals surface area (Å²) in [5.41, 5.74) is 0.648. The number of rotatable bonds is 5. The molecule has 0 bridgehead atoms. The van der Waals surface area contributed by atoms with E-state index in [9.17, 15) is 9.18 Å². The fourth-order valence-corrected chi connectivity index (χ4v) is 2.50. The summed E-state index contributed by atoms with van der Waals surface area (Å²) in [5.74, 6) is -0.105. The van der Waals surface area contributed by atoms with E-state index >= 15 is 0 Å². The number of nitrogens with one attached hydrogen (secondary N) is 2. The van der Waals surface area contributed by atoms with E-state index in [0.29, 0.717) is 17.9 Å². The molecule has 0 saturated heterocycles. The van der Waals surface area contributed by atoms with Crippen LogP contribution in [0.4, 0.5) is 10.1 Å². The van der Waals surface area contributed by atoms with E-state index in [1.54, 1.807) is 36.4 Å². The van der Waals surface area contributed by atoms with Crippen LogP contribution < -0.4 is 15.4 Å². The Hall–Kier alpha value is -1.74. The smallest absolute Gasteiger partial charge is 0.257 e. The summed E-state index contributed by atoms with van der Waals surface area (Å²) in [4.78, 5) is 12.1. The molecule has 2 rings (SSSR count). The van der Waals surface area contributed by atoms with Crippen LogP contribution in [0.1, 0.15) is 23.7 Å². The number of thiocarbonyl (C=S) groups is 1. The van der Waals surface area contributed by atoms with E-state index in [1.165, 1.54) is 6.07 Å². The average molecular weight is 458 g/mol. The minimum absolute atomic E-state index is 0.0337. The molecule has 2 aromatic rings. The summed E-state index contributed by atoms with van der Waals surface area (Å²) < 4.78 is 20.0. The first-order chi connectivity index (χ1) is 11.5. The normalized spacial score (nSPS) is 10.1. The van der Waals surface area contributed by atoms with Gasteiger partial charge in [-0.3, -0.25) is 10.1 Å². The molecule has 24 heavy (non-hydrogen) atoms. The van der Waals surface area contributed by atoms with E-state index < -0.39 is 5.82 Å². The Balaban J connectivity index is 1.94. The number of carbonyl (C=O) groups excluding carboxylic acids is 1. The zero-order chi connectivity index (χ0) is 17.5. The third-order valence-corrected chi connectivity index (χ3v) is 3.87. The largest absolute Gasteiger partial charge is 0.494 e. The Bertz CT molecular complexity index is 738. The molecule has 1 amide bonds. The van der Waals surface area contributed by atoms with E-state index in [4.69, 9.17) is 17.0 Å². The molecule has 2 aromatic carbocycles. The molecule has 0 aliphatic carbocycles. The van der Waals surface area contributed by atoms with E-state index in [0.717, 1.165) is 9.99 Å². The molecule has 0 aromatic heterocycles. The number of halogens is 2. The number of hydrogen-bond donors (Lipinski definition) is 2. The lowest BCUT2D eigenvalue weighted by atomic mass is 10.2. The lowest BCUT2D eigenvalue weighted by Gasteiger charge is -2.11. The van der Waals surface area contributed by atoms with Crippen molar-refractivity contribution < 1.29 is 13.9 Å². The monoisotopic (exact) mass is 458 g/mol. The van der Waals surface area contributed by atoms with Crippen LogP contribution in [-0.2, 0) is 0 Å². The molecule has 0 radical (unpaired) electrons. The Kier molecular flexibility index (Phi) is 6.92. The van der Waals surface area contributed by atoms with Crippen LogP contribution in [0.5, 0.6) is 5.75 Å². The predicted octanol–water partition coefficient (Wildman–Crippen LogP) is 4.35. The van der Waals surface area contributed by atoms with Gasteiger partial charge in [0, 0.05) is 9.13 Å². The second-order valence-electron chi connectivity index (χ2n) is 4.91. The number of hydrogen-bond acceptors (Lipinski definition) is 3. The van der Waals surface area contributed by atoms with Crippen molar-refractivity contribution >= 4 is 51.5 Å². The van der Waals surface area contributed by atoms with Gasteiger partial charge in [-0.2, -0.15) is 0 Å². The van der Waals surface area contributed by atoms with Crippen molar-refractivity contribution in [2.75, 3.05) is 11.9 Å². The van der Waals surface area contributed by atoms with Crippen molar-refractivity contribution in [1.82, 2.24) is 5.32 Å². The minimum Gasteiger partial charge on any atom is -0.494 e. The molecule has 0 fully saturated rings. The van der Waals surface area contributed by atoms with Gasteiger partial charge in [0.05, 0.1) is 12.3 Å². The van der Waals surface area contributed by atoms with Crippen LogP contribution >= 0.6 is 34.8 Å². The Morgan fingerprint density at radius 1 is 1.25 bits per heavy atom. The summed E-state index contributed by atoms with van der Waals surface area (Å²) in [6.07, 6.45) is 0.914. The molecule has 4 nitrogen and oxygen atoms in total. The standard InChI is InChI=1S/C17H16FIN2O2S/c1-2-9-23-13-6-3-11(4-7-13)16(22)21-17(24)20-15-8-5-12(19)10-14(15)18/h3-8,10H,2,9H2,1H3,(H2,20,21,22,24). The highest BCUT2D eigenvalue weighted by molar-refractivity contribution is 14.1. The zero-order valence-corrected chi connectivity index (χ0v) is 15.9. The molecule has 0 spiro atoms. The van der Waals surface area contributed by atoms with E-state index in [-0.39, 0.29) is 16.7 Å². The van der Waals surface area contributed by atoms with Gasteiger partial charge in [-0.05, 0) is 83.7 Å². The number of benzene rings is 2. The number of ether oxygens (including phenoxy) is 1. The number of anilines is 1. The maximum atomic E-state index is 13.8. The van der Waals surface area contributed by atoms with Crippen molar-refractivity contribution in [3.63, 3.8) is 0 Å². The molecule has 7 heteroatoms. The minimum atomic E-state index is -0.434. The highest BCUT2D eigenvalue weighted by Crippen LogP contribution is 2.17. The van der Waals surface area contributed by atoms with Crippen LogP contribution in [0.3, 0.4) is 0 Å². The van der Waals surface area contributed by atoms with E-state index in [2.05, 4.69) is 10.6 Å². The molecule has 0 saturated carbocycles. The van der Waals surface area contributed by atoms with Gasteiger partial charge in [0.15, 0.2) is 5.11 Å². The van der Waals surface area contributed by atoms with Crippen molar-refractivity contribution in [3.8, 4) is 5.75 Å². The van der Waals surface area contributed by atoms with Gasteiger partial charge in [-0.15, -0.1) is 0 Å². The molecule has 2 N–H and O–H groups in total. The Morgan fingerprint density at radius 3 is 2.58 bits per heavy atom. The molecule has 0 unspecified atom stereocenters. The van der Waals surface area contributed by atoms with Crippen molar-refractivity contribution in [2.24, 2.45) is 0 Å². The van der Waals surface area contributed by atoms with Crippen LogP contribution in [-0.4, -0.2) is 17.6 Å². The topological polar surface area (TPSA) is 50.4 Å². The summed E-state index contributed by atoms with van der Waals surface area (Å²) >= 11 is 7.07.